The second kappa shape index (κ2) is 8.94. The predicted molar refractivity (Wildman–Crippen MR) is 76.3 cm³/mol. The van der Waals surface area contributed by atoms with Crippen LogP contribution in [0.2, 0.25) is 0 Å². The van der Waals surface area contributed by atoms with Gasteiger partial charge in [-0.1, -0.05) is 35.4 Å². The van der Waals surface area contributed by atoms with Gasteiger partial charge in [-0.15, -0.1) is 0 Å². The third kappa shape index (κ3) is 6.74. The first-order valence-electron chi connectivity index (χ1n) is 6.00. The van der Waals surface area contributed by atoms with Crippen LogP contribution in [-0.2, 0) is 16.8 Å². The molecule has 0 heterocycles. The molecular weight excluding hydrogens is 315 g/mol. The van der Waals surface area contributed by atoms with Crippen molar-refractivity contribution in [3.05, 3.63) is 70.8 Å². The topological polar surface area (TPSA) is 74.6 Å². The third-order valence-corrected chi connectivity index (χ3v) is 2.60. The molecule has 113 valence electrons. The molecule has 1 radical (unpaired) electrons. The Balaban J connectivity index is 0.000000364. The molecule has 0 unspecified atom stereocenters. The van der Waals surface area contributed by atoms with Crippen LogP contribution in [0.25, 0.3) is 0 Å². The molecule has 0 aliphatic rings. The van der Waals surface area contributed by atoms with E-state index in [4.69, 9.17) is 10.2 Å². The van der Waals surface area contributed by atoms with Crippen molar-refractivity contribution in [1.82, 2.24) is 0 Å². The van der Waals surface area contributed by atoms with Crippen molar-refractivity contribution in [2.75, 3.05) is 0 Å². The Hall–Kier alpha value is -2.11. The molecule has 2 aromatic carbocycles. The van der Waals surface area contributed by atoms with Crippen LogP contribution in [0.3, 0.4) is 0 Å². The Morgan fingerprint density at radius 2 is 0.905 bits per heavy atom. The van der Waals surface area contributed by atoms with Crippen molar-refractivity contribution in [3.63, 3.8) is 0 Å². The molecule has 0 aromatic heterocycles. The number of carboxylic acids is 2. The van der Waals surface area contributed by atoms with Gasteiger partial charge in [-0.05, 0) is 38.1 Å². The quantitative estimate of drug-likeness (QED) is 0.885. The Bertz CT molecular complexity index is 533. The van der Waals surface area contributed by atoms with Gasteiger partial charge in [-0.2, -0.15) is 0 Å². The van der Waals surface area contributed by atoms with E-state index >= 15 is 0 Å². The largest absolute Gasteiger partial charge is 0.478 e. The summed E-state index contributed by atoms with van der Waals surface area (Å²) >= 11 is 0. The molecule has 2 N–H and O–H groups in total. The number of aromatic carboxylic acids is 2. The summed E-state index contributed by atoms with van der Waals surface area (Å²) < 4.78 is 0. The minimum absolute atomic E-state index is 0. The van der Waals surface area contributed by atoms with E-state index in [9.17, 15) is 9.59 Å². The molecule has 2 rings (SSSR count). The maximum absolute atomic E-state index is 10.3. The summed E-state index contributed by atoms with van der Waals surface area (Å²) in [6.07, 6.45) is 0. The van der Waals surface area contributed by atoms with Gasteiger partial charge in [0, 0.05) is 16.8 Å². The van der Waals surface area contributed by atoms with Crippen LogP contribution < -0.4 is 0 Å². The standard InChI is InChI=1S/2C8H8O2.Co/c2*1-6-2-4-7(5-3-6)8(9)10;/h2*2-5H,1H3,(H,9,10);. The summed E-state index contributed by atoms with van der Waals surface area (Å²) in [6.45, 7) is 3.84. The second-order valence-corrected chi connectivity index (χ2v) is 4.34. The van der Waals surface area contributed by atoms with Gasteiger partial charge in [-0.3, -0.25) is 0 Å². The van der Waals surface area contributed by atoms with Crippen LogP contribution in [-0.4, -0.2) is 22.2 Å². The monoisotopic (exact) mass is 331 g/mol. The van der Waals surface area contributed by atoms with Gasteiger partial charge in [0.25, 0.3) is 0 Å². The number of carbonyl (C=O) groups is 2. The molecule has 0 amide bonds. The van der Waals surface area contributed by atoms with E-state index in [1.54, 1.807) is 48.5 Å². The molecule has 21 heavy (non-hydrogen) atoms. The van der Waals surface area contributed by atoms with Crippen molar-refractivity contribution in [1.29, 1.82) is 0 Å². The Labute approximate surface area is 133 Å². The summed E-state index contributed by atoms with van der Waals surface area (Å²) in [5.41, 5.74) is 2.83. The van der Waals surface area contributed by atoms with E-state index in [2.05, 4.69) is 0 Å². The van der Waals surface area contributed by atoms with Crippen LogP contribution in [0, 0.1) is 13.8 Å². The summed E-state index contributed by atoms with van der Waals surface area (Å²) in [4.78, 5) is 20.6. The Morgan fingerprint density at radius 1 is 0.667 bits per heavy atom. The fourth-order valence-electron chi connectivity index (χ4n) is 1.39. The minimum Gasteiger partial charge on any atom is -0.478 e. The van der Waals surface area contributed by atoms with Gasteiger partial charge in [0.1, 0.15) is 0 Å². The van der Waals surface area contributed by atoms with Gasteiger partial charge in [0.2, 0.25) is 0 Å². The molecule has 0 aliphatic heterocycles. The normalized spacial score (nSPS) is 8.86. The van der Waals surface area contributed by atoms with Crippen molar-refractivity contribution in [2.45, 2.75) is 13.8 Å². The second-order valence-electron chi connectivity index (χ2n) is 4.34. The molecule has 5 heteroatoms. The number of rotatable bonds is 2. The summed E-state index contributed by atoms with van der Waals surface area (Å²) in [6, 6.07) is 13.5. The molecule has 0 spiro atoms. The first-order valence-corrected chi connectivity index (χ1v) is 6.00. The van der Waals surface area contributed by atoms with Gasteiger partial charge in [-0.25, -0.2) is 9.59 Å². The minimum atomic E-state index is -0.875. The number of aryl methyl sites for hydroxylation is 2. The van der Waals surface area contributed by atoms with E-state index in [1.807, 2.05) is 13.8 Å². The van der Waals surface area contributed by atoms with Crippen molar-refractivity contribution in [2.24, 2.45) is 0 Å². The molecule has 0 saturated heterocycles. The fraction of sp³-hybridized carbons (Fsp3) is 0.125. The first-order chi connectivity index (χ1) is 9.40. The van der Waals surface area contributed by atoms with Gasteiger partial charge >= 0.3 is 11.9 Å². The number of hydrogen-bond acceptors (Lipinski definition) is 2. The van der Waals surface area contributed by atoms with Crippen LogP contribution in [0.15, 0.2) is 48.5 Å². The van der Waals surface area contributed by atoms with Crippen molar-refractivity contribution < 1.29 is 36.6 Å². The molecular formula is C16H16CoO4. The molecule has 0 saturated carbocycles. The van der Waals surface area contributed by atoms with E-state index in [0.29, 0.717) is 11.1 Å². The maximum atomic E-state index is 10.3. The smallest absolute Gasteiger partial charge is 0.335 e. The van der Waals surface area contributed by atoms with Crippen LogP contribution in [0.1, 0.15) is 31.8 Å². The molecule has 4 nitrogen and oxygen atoms in total. The predicted octanol–water partition coefficient (Wildman–Crippen LogP) is 3.38. The average molecular weight is 331 g/mol. The average Bonchev–Trinajstić information content (AvgIpc) is 2.40. The van der Waals surface area contributed by atoms with E-state index < -0.39 is 11.9 Å². The molecule has 0 fully saturated rings. The van der Waals surface area contributed by atoms with Crippen LogP contribution >= 0.6 is 0 Å². The zero-order valence-corrected chi connectivity index (χ0v) is 12.7. The van der Waals surface area contributed by atoms with Crippen LogP contribution in [0.5, 0.6) is 0 Å². The Morgan fingerprint density at radius 3 is 1.10 bits per heavy atom. The van der Waals surface area contributed by atoms with E-state index in [-0.39, 0.29) is 16.8 Å². The summed E-state index contributed by atoms with van der Waals surface area (Å²) in [7, 11) is 0. The van der Waals surface area contributed by atoms with Gasteiger partial charge < -0.3 is 10.2 Å². The number of benzene rings is 2. The number of carboxylic acid groups (broad SMARTS) is 2. The number of hydrogen-bond donors (Lipinski definition) is 2. The zero-order valence-electron chi connectivity index (χ0n) is 11.7. The Kier molecular flexibility index (Phi) is 8.04. The molecule has 0 aliphatic carbocycles. The maximum Gasteiger partial charge on any atom is 0.335 e. The zero-order chi connectivity index (χ0) is 15.1. The van der Waals surface area contributed by atoms with E-state index in [1.165, 1.54) is 0 Å². The van der Waals surface area contributed by atoms with Gasteiger partial charge in [0.15, 0.2) is 0 Å². The fourth-order valence-corrected chi connectivity index (χ4v) is 1.39. The van der Waals surface area contributed by atoms with Gasteiger partial charge in [0.05, 0.1) is 11.1 Å². The third-order valence-electron chi connectivity index (χ3n) is 2.60. The van der Waals surface area contributed by atoms with Crippen molar-refractivity contribution >= 4 is 11.9 Å². The van der Waals surface area contributed by atoms with E-state index in [0.717, 1.165) is 11.1 Å². The summed E-state index contributed by atoms with van der Waals surface area (Å²) in [5.74, 6) is -1.75. The first kappa shape index (κ1) is 18.9. The molecule has 0 bridgehead atoms. The molecule has 2 aromatic rings. The summed E-state index contributed by atoms with van der Waals surface area (Å²) in [5, 5.41) is 17.0. The van der Waals surface area contributed by atoms with Crippen LogP contribution in [0.4, 0.5) is 0 Å². The van der Waals surface area contributed by atoms with Crippen molar-refractivity contribution in [3.8, 4) is 0 Å². The molecule has 0 atom stereocenters. The SMILES string of the molecule is Cc1ccc(C(=O)O)cc1.Cc1ccc(C(=O)O)cc1.[Co].